The Morgan fingerprint density at radius 2 is 1.76 bits per heavy atom. The molecule has 2 heterocycles. The van der Waals surface area contributed by atoms with Crippen LogP contribution >= 0.6 is 0 Å². The van der Waals surface area contributed by atoms with Gasteiger partial charge in [0.2, 0.25) is 0 Å². The maximum Gasteiger partial charge on any atom is 0.119 e. The minimum atomic E-state index is 0.822. The molecular weight excluding hydrogens is 310 g/mol. The van der Waals surface area contributed by atoms with E-state index in [-0.39, 0.29) is 0 Å². The molecular formula is C21H35N3O. The highest BCUT2D eigenvalue weighted by atomic mass is 16.5. The van der Waals surface area contributed by atoms with E-state index in [4.69, 9.17) is 4.74 Å². The summed E-state index contributed by atoms with van der Waals surface area (Å²) in [7, 11) is 2.20. The Kier molecular flexibility index (Phi) is 7.14. The van der Waals surface area contributed by atoms with E-state index in [1.807, 2.05) is 0 Å². The van der Waals surface area contributed by atoms with Crippen molar-refractivity contribution in [3.63, 3.8) is 0 Å². The lowest BCUT2D eigenvalue weighted by molar-refractivity contribution is 0.148. The molecule has 25 heavy (non-hydrogen) atoms. The minimum absolute atomic E-state index is 0.822. The van der Waals surface area contributed by atoms with E-state index in [2.05, 4.69) is 52.9 Å². The summed E-state index contributed by atoms with van der Waals surface area (Å²) in [6, 6.07) is 8.71. The van der Waals surface area contributed by atoms with Gasteiger partial charge in [-0.2, -0.15) is 0 Å². The Morgan fingerprint density at radius 1 is 1.00 bits per heavy atom. The second-order valence-electron chi connectivity index (χ2n) is 7.97. The van der Waals surface area contributed by atoms with Gasteiger partial charge in [-0.1, -0.05) is 19.1 Å². The summed E-state index contributed by atoms with van der Waals surface area (Å²) >= 11 is 0. The number of piperidine rings is 1. The number of likely N-dealkylation sites (tertiary alicyclic amines) is 1. The second-order valence-corrected chi connectivity index (χ2v) is 7.97. The van der Waals surface area contributed by atoms with Gasteiger partial charge < -0.3 is 14.5 Å². The number of piperazine rings is 1. The summed E-state index contributed by atoms with van der Waals surface area (Å²) in [6.45, 7) is 12.6. The summed E-state index contributed by atoms with van der Waals surface area (Å²) < 4.78 is 5.94. The lowest BCUT2D eigenvalue weighted by Gasteiger charge is -2.32. The molecule has 0 aromatic heterocycles. The maximum atomic E-state index is 5.94. The quantitative estimate of drug-likeness (QED) is 0.707. The van der Waals surface area contributed by atoms with Crippen LogP contribution in [0.15, 0.2) is 24.3 Å². The van der Waals surface area contributed by atoms with Crippen molar-refractivity contribution in [2.45, 2.75) is 32.7 Å². The highest BCUT2D eigenvalue weighted by Crippen LogP contribution is 2.17. The van der Waals surface area contributed by atoms with Crippen LogP contribution in [0.25, 0.3) is 0 Å². The smallest absolute Gasteiger partial charge is 0.119 e. The third-order valence-electron chi connectivity index (χ3n) is 5.55. The fourth-order valence-electron chi connectivity index (χ4n) is 3.92. The Morgan fingerprint density at radius 3 is 2.48 bits per heavy atom. The van der Waals surface area contributed by atoms with E-state index in [0.717, 1.165) is 31.2 Å². The Hall–Kier alpha value is -1.10. The first-order valence-corrected chi connectivity index (χ1v) is 10.0. The molecule has 0 bridgehead atoms. The van der Waals surface area contributed by atoms with Gasteiger partial charge in [-0.15, -0.1) is 0 Å². The van der Waals surface area contributed by atoms with Gasteiger partial charge in [0.1, 0.15) is 5.75 Å². The molecule has 1 atom stereocenters. The average Bonchev–Trinajstić information content (AvgIpc) is 2.62. The lowest BCUT2D eigenvalue weighted by Crippen LogP contribution is -2.43. The largest absolute Gasteiger partial charge is 0.494 e. The molecule has 0 aliphatic carbocycles. The van der Waals surface area contributed by atoms with Crippen LogP contribution in [0.4, 0.5) is 0 Å². The van der Waals surface area contributed by atoms with Gasteiger partial charge in [-0.3, -0.25) is 4.90 Å². The Labute approximate surface area is 153 Å². The molecule has 3 rings (SSSR count). The van der Waals surface area contributed by atoms with E-state index in [9.17, 15) is 0 Å². The number of benzene rings is 1. The van der Waals surface area contributed by atoms with Crippen LogP contribution in [0.2, 0.25) is 0 Å². The van der Waals surface area contributed by atoms with Gasteiger partial charge in [-0.25, -0.2) is 0 Å². The number of likely N-dealkylation sites (N-methyl/N-ethyl adjacent to an activating group) is 1. The van der Waals surface area contributed by atoms with Crippen LogP contribution in [0.5, 0.6) is 5.75 Å². The van der Waals surface area contributed by atoms with E-state index in [0.29, 0.717) is 0 Å². The zero-order valence-corrected chi connectivity index (χ0v) is 16.1. The molecule has 2 saturated heterocycles. The molecule has 0 unspecified atom stereocenters. The first-order chi connectivity index (χ1) is 12.2. The average molecular weight is 346 g/mol. The van der Waals surface area contributed by atoms with Crippen molar-refractivity contribution in [1.29, 1.82) is 0 Å². The molecule has 1 aromatic rings. The summed E-state index contributed by atoms with van der Waals surface area (Å²) in [4.78, 5) is 7.53. The van der Waals surface area contributed by atoms with Crippen molar-refractivity contribution in [3.05, 3.63) is 29.8 Å². The molecule has 2 aliphatic heterocycles. The topological polar surface area (TPSA) is 19.0 Å². The van der Waals surface area contributed by atoms with Crippen molar-refractivity contribution < 1.29 is 4.74 Å². The minimum Gasteiger partial charge on any atom is -0.494 e. The Balaban J connectivity index is 1.33. The summed E-state index contributed by atoms with van der Waals surface area (Å²) in [5.41, 5.74) is 1.39. The molecule has 0 saturated carbocycles. The molecule has 140 valence electrons. The highest BCUT2D eigenvalue weighted by molar-refractivity contribution is 5.27. The fraction of sp³-hybridized carbons (Fsp3) is 0.714. The molecule has 0 spiro atoms. The van der Waals surface area contributed by atoms with Crippen molar-refractivity contribution in [2.75, 3.05) is 59.5 Å². The molecule has 0 N–H and O–H groups in total. The van der Waals surface area contributed by atoms with Gasteiger partial charge in [-0.05, 0) is 56.5 Å². The van der Waals surface area contributed by atoms with Crippen molar-refractivity contribution in [3.8, 4) is 5.75 Å². The van der Waals surface area contributed by atoms with Gasteiger partial charge in [0, 0.05) is 45.8 Å². The molecule has 0 amide bonds. The zero-order chi connectivity index (χ0) is 17.5. The van der Waals surface area contributed by atoms with Crippen LogP contribution in [0.1, 0.15) is 31.7 Å². The van der Waals surface area contributed by atoms with Crippen LogP contribution in [0.3, 0.4) is 0 Å². The number of nitrogens with zero attached hydrogens (tertiary/aromatic N) is 3. The third kappa shape index (κ3) is 6.28. The number of hydrogen-bond donors (Lipinski definition) is 0. The zero-order valence-electron chi connectivity index (χ0n) is 16.1. The van der Waals surface area contributed by atoms with E-state index >= 15 is 0 Å². The van der Waals surface area contributed by atoms with Crippen molar-refractivity contribution in [2.24, 2.45) is 5.92 Å². The highest BCUT2D eigenvalue weighted by Gasteiger charge is 2.15. The molecule has 0 radical (unpaired) electrons. The number of hydrogen-bond acceptors (Lipinski definition) is 4. The Bertz CT molecular complexity index is 496. The van der Waals surface area contributed by atoms with Crippen LogP contribution < -0.4 is 4.74 Å². The summed E-state index contributed by atoms with van der Waals surface area (Å²) in [5, 5.41) is 0. The first kappa shape index (κ1) is 18.7. The molecule has 2 aliphatic rings. The van der Waals surface area contributed by atoms with Crippen molar-refractivity contribution >= 4 is 0 Å². The predicted molar refractivity (Wildman–Crippen MR) is 104 cm³/mol. The summed E-state index contributed by atoms with van der Waals surface area (Å²) in [6.07, 6.45) is 3.88. The van der Waals surface area contributed by atoms with Gasteiger partial charge in [0.25, 0.3) is 0 Å². The fourth-order valence-corrected chi connectivity index (χ4v) is 3.92. The standard InChI is InChI=1S/C21H35N3O/c1-19-5-3-10-23(17-19)11-4-16-25-21-8-6-20(7-9-21)18-24-14-12-22(2)13-15-24/h6-9,19H,3-5,10-18H2,1-2H3/t19-/m0/s1. The maximum absolute atomic E-state index is 5.94. The third-order valence-corrected chi connectivity index (χ3v) is 5.55. The van der Waals surface area contributed by atoms with Crippen LogP contribution in [0, 0.1) is 5.92 Å². The normalized spacial score (nSPS) is 23.7. The first-order valence-electron chi connectivity index (χ1n) is 10.0. The monoisotopic (exact) mass is 345 g/mol. The predicted octanol–water partition coefficient (Wildman–Crippen LogP) is 2.93. The molecule has 2 fully saturated rings. The number of ether oxygens (including phenoxy) is 1. The molecule has 4 nitrogen and oxygen atoms in total. The SMILES string of the molecule is C[C@H]1CCCN(CCCOc2ccc(CN3CCN(C)CC3)cc2)C1. The lowest BCUT2D eigenvalue weighted by atomic mass is 10.0. The van der Waals surface area contributed by atoms with E-state index < -0.39 is 0 Å². The second kappa shape index (κ2) is 9.56. The molecule has 1 aromatic carbocycles. The van der Waals surface area contributed by atoms with Gasteiger partial charge in [0.15, 0.2) is 0 Å². The summed E-state index contributed by atoms with van der Waals surface area (Å²) in [5.74, 6) is 1.87. The van der Waals surface area contributed by atoms with Gasteiger partial charge >= 0.3 is 0 Å². The van der Waals surface area contributed by atoms with Crippen molar-refractivity contribution in [1.82, 2.24) is 14.7 Å². The van der Waals surface area contributed by atoms with E-state index in [1.54, 1.807) is 0 Å². The molecule has 4 heteroatoms. The van der Waals surface area contributed by atoms with E-state index in [1.165, 1.54) is 64.2 Å². The van der Waals surface area contributed by atoms with Crippen LogP contribution in [-0.4, -0.2) is 74.2 Å². The van der Waals surface area contributed by atoms with Crippen LogP contribution in [-0.2, 0) is 6.54 Å². The van der Waals surface area contributed by atoms with Gasteiger partial charge in [0.05, 0.1) is 6.61 Å². The number of rotatable bonds is 7.